The summed E-state index contributed by atoms with van der Waals surface area (Å²) in [4.78, 5) is 20.5. The van der Waals surface area contributed by atoms with Crippen LogP contribution in [0.4, 0.5) is 0 Å². The second kappa shape index (κ2) is 3.34. The summed E-state index contributed by atoms with van der Waals surface area (Å²) in [6, 6.07) is 0. The molecule has 0 fully saturated rings. The molecule has 2 amide bonds. The van der Waals surface area contributed by atoms with Crippen molar-refractivity contribution in [2.75, 3.05) is 0 Å². The SMILES string of the molecule is CC(C)(C)CC(=O)NC=O. The zero-order valence-corrected chi connectivity index (χ0v) is 6.60. The number of nitrogens with one attached hydrogen (secondary N) is 1. The second-order valence-electron chi connectivity index (χ2n) is 3.42. The van der Waals surface area contributed by atoms with Gasteiger partial charge in [0.05, 0.1) is 0 Å². The first-order chi connectivity index (χ1) is 4.45. The zero-order chi connectivity index (χ0) is 8.20. The molecule has 0 radical (unpaired) electrons. The van der Waals surface area contributed by atoms with E-state index in [1.54, 1.807) is 0 Å². The summed E-state index contributed by atoms with van der Waals surface area (Å²) < 4.78 is 0. The van der Waals surface area contributed by atoms with Gasteiger partial charge in [0, 0.05) is 6.42 Å². The van der Waals surface area contributed by atoms with Crippen LogP contribution in [-0.4, -0.2) is 12.3 Å². The Morgan fingerprint density at radius 2 is 2.00 bits per heavy atom. The molecule has 10 heavy (non-hydrogen) atoms. The van der Waals surface area contributed by atoms with Crippen molar-refractivity contribution < 1.29 is 9.59 Å². The van der Waals surface area contributed by atoms with Crippen molar-refractivity contribution in [1.29, 1.82) is 0 Å². The normalized spacial score (nSPS) is 10.7. The molecule has 3 heteroatoms. The first-order valence-electron chi connectivity index (χ1n) is 3.19. The van der Waals surface area contributed by atoms with Gasteiger partial charge in [-0.1, -0.05) is 20.8 Å². The van der Waals surface area contributed by atoms with E-state index in [0.29, 0.717) is 12.8 Å². The molecule has 3 nitrogen and oxygen atoms in total. The van der Waals surface area contributed by atoms with Gasteiger partial charge in [0.1, 0.15) is 0 Å². The average molecular weight is 143 g/mol. The van der Waals surface area contributed by atoms with Gasteiger partial charge >= 0.3 is 0 Å². The maximum absolute atomic E-state index is 10.7. The Balaban J connectivity index is 3.68. The Morgan fingerprint density at radius 3 is 2.30 bits per heavy atom. The van der Waals surface area contributed by atoms with E-state index in [1.165, 1.54) is 0 Å². The van der Waals surface area contributed by atoms with E-state index < -0.39 is 0 Å². The molecule has 0 aliphatic rings. The minimum atomic E-state index is -0.220. The molecule has 58 valence electrons. The van der Waals surface area contributed by atoms with E-state index in [4.69, 9.17) is 0 Å². The van der Waals surface area contributed by atoms with E-state index in [9.17, 15) is 9.59 Å². The number of amides is 2. The van der Waals surface area contributed by atoms with E-state index in [-0.39, 0.29) is 11.3 Å². The first-order valence-corrected chi connectivity index (χ1v) is 3.19. The van der Waals surface area contributed by atoms with E-state index in [2.05, 4.69) is 5.32 Å². The van der Waals surface area contributed by atoms with E-state index in [0.717, 1.165) is 0 Å². The predicted octanol–water partition coefficient (Wildman–Crippen LogP) is 0.695. The summed E-state index contributed by atoms with van der Waals surface area (Å²) >= 11 is 0. The summed E-state index contributed by atoms with van der Waals surface area (Å²) in [6.45, 7) is 5.83. The van der Waals surface area contributed by atoms with Crippen molar-refractivity contribution >= 4 is 12.3 Å². The standard InChI is InChI=1S/C7H13NO2/c1-7(2,3)4-6(10)8-5-9/h5H,4H2,1-3H3,(H,8,9,10). The third kappa shape index (κ3) is 5.28. The number of imide groups is 1. The molecule has 0 spiro atoms. The lowest BCUT2D eigenvalue weighted by Gasteiger charge is -2.15. The molecule has 0 aromatic rings. The number of hydrogen-bond acceptors (Lipinski definition) is 2. The van der Waals surface area contributed by atoms with Gasteiger partial charge in [-0.3, -0.25) is 14.9 Å². The van der Waals surface area contributed by atoms with Crippen LogP contribution in [0, 0.1) is 5.41 Å². The molecule has 0 saturated carbocycles. The highest BCUT2D eigenvalue weighted by Gasteiger charge is 2.14. The predicted molar refractivity (Wildman–Crippen MR) is 38.3 cm³/mol. The molecule has 0 aromatic carbocycles. The second-order valence-corrected chi connectivity index (χ2v) is 3.42. The molecule has 0 aliphatic heterocycles. The minimum absolute atomic E-state index is 0.0485. The molecule has 0 aromatic heterocycles. The molecule has 0 bridgehead atoms. The van der Waals surface area contributed by atoms with Crippen LogP contribution in [0.3, 0.4) is 0 Å². The van der Waals surface area contributed by atoms with Gasteiger partial charge < -0.3 is 0 Å². The summed E-state index contributed by atoms with van der Waals surface area (Å²) in [6.07, 6.45) is 0.791. The Kier molecular flexibility index (Phi) is 3.06. The lowest BCUT2D eigenvalue weighted by molar-refractivity contribution is -0.126. The van der Waals surface area contributed by atoms with Gasteiger partial charge in [0.25, 0.3) is 0 Å². The van der Waals surface area contributed by atoms with Crippen LogP contribution in [0.15, 0.2) is 0 Å². The van der Waals surface area contributed by atoms with Gasteiger partial charge in [-0.25, -0.2) is 0 Å². The fraction of sp³-hybridized carbons (Fsp3) is 0.714. The molecule has 0 rings (SSSR count). The number of hydrogen-bond donors (Lipinski definition) is 1. The molecule has 0 saturated heterocycles. The van der Waals surface area contributed by atoms with Crippen molar-refractivity contribution in [2.45, 2.75) is 27.2 Å². The fourth-order valence-corrected chi connectivity index (χ4v) is 0.598. The largest absolute Gasteiger partial charge is 0.299 e. The van der Waals surface area contributed by atoms with Crippen LogP contribution in [-0.2, 0) is 9.59 Å². The quantitative estimate of drug-likeness (QED) is 0.578. The van der Waals surface area contributed by atoms with Crippen LogP contribution in [0.2, 0.25) is 0 Å². The first kappa shape index (κ1) is 9.14. The Morgan fingerprint density at radius 1 is 1.50 bits per heavy atom. The van der Waals surface area contributed by atoms with Gasteiger partial charge in [0.15, 0.2) is 0 Å². The zero-order valence-electron chi connectivity index (χ0n) is 6.60. The van der Waals surface area contributed by atoms with Crippen molar-refractivity contribution in [1.82, 2.24) is 5.32 Å². The van der Waals surface area contributed by atoms with Crippen molar-refractivity contribution in [2.24, 2.45) is 5.41 Å². The number of carbonyl (C=O) groups is 2. The molecule has 0 heterocycles. The van der Waals surface area contributed by atoms with E-state index in [1.807, 2.05) is 20.8 Å². The third-order valence-electron chi connectivity index (χ3n) is 0.911. The van der Waals surface area contributed by atoms with Crippen molar-refractivity contribution in [3.63, 3.8) is 0 Å². The van der Waals surface area contributed by atoms with Crippen LogP contribution < -0.4 is 5.32 Å². The molecule has 0 unspecified atom stereocenters. The van der Waals surface area contributed by atoms with Gasteiger partial charge in [-0.15, -0.1) is 0 Å². The van der Waals surface area contributed by atoms with Crippen LogP contribution in [0.5, 0.6) is 0 Å². The summed E-state index contributed by atoms with van der Waals surface area (Å²) in [5.41, 5.74) is -0.0485. The van der Waals surface area contributed by atoms with Gasteiger partial charge in [-0.2, -0.15) is 0 Å². The lowest BCUT2D eigenvalue weighted by atomic mass is 9.92. The highest BCUT2D eigenvalue weighted by Crippen LogP contribution is 2.17. The molecular formula is C7H13NO2. The molecular weight excluding hydrogens is 130 g/mol. The fourth-order valence-electron chi connectivity index (χ4n) is 0.598. The maximum Gasteiger partial charge on any atom is 0.226 e. The van der Waals surface area contributed by atoms with Crippen molar-refractivity contribution in [3.05, 3.63) is 0 Å². The van der Waals surface area contributed by atoms with Crippen LogP contribution >= 0.6 is 0 Å². The minimum Gasteiger partial charge on any atom is -0.299 e. The van der Waals surface area contributed by atoms with E-state index >= 15 is 0 Å². The summed E-state index contributed by atoms with van der Waals surface area (Å²) in [5.74, 6) is -0.220. The Hall–Kier alpha value is -0.860. The number of carbonyl (C=O) groups excluding carboxylic acids is 2. The highest BCUT2D eigenvalue weighted by atomic mass is 16.2. The van der Waals surface area contributed by atoms with Crippen LogP contribution in [0.25, 0.3) is 0 Å². The van der Waals surface area contributed by atoms with Crippen LogP contribution in [0.1, 0.15) is 27.2 Å². The molecule has 1 N–H and O–H groups in total. The van der Waals surface area contributed by atoms with Gasteiger partial charge in [-0.05, 0) is 5.41 Å². The maximum atomic E-state index is 10.7. The monoisotopic (exact) mass is 143 g/mol. The highest BCUT2D eigenvalue weighted by molar-refractivity contribution is 5.86. The van der Waals surface area contributed by atoms with Gasteiger partial charge in [0.2, 0.25) is 12.3 Å². The molecule has 0 aliphatic carbocycles. The summed E-state index contributed by atoms with van der Waals surface area (Å²) in [5, 5.41) is 2.08. The average Bonchev–Trinajstić information content (AvgIpc) is 1.59. The lowest BCUT2D eigenvalue weighted by Crippen LogP contribution is -2.25. The van der Waals surface area contributed by atoms with Crippen molar-refractivity contribution in [3.8, 4) is 0 Å². The Labute approximate surface area is 60.8 Å². The third-order valence-corrected chi connectivity index (χ3v) is 0.911. The summed E-state index contributed by atoms with van der Waals surface area (Å²) in [7, 11) is 0. The topological polar surface area (TPSA) is 46.2 Å². The Bertz CT molecular complexity index is 135. The smallest absolute Gasteiger partial charge is 0.226 e. The molecule has 0 atom stereocenters. The number of rotatable bonds is 2.